The van der Waals surface area contributed by atoms with Crippen LogP contribution in [0.4, 0.5) is 0 Å². The molecule has 0 bridgehead atoms. The Morgan fingerprint density at radius 1 is 1.42 bits per heavy atom. The predicted octanol–water partition coefficient (Wildman–Crippen LogP) is 3.26. The molecule has 2 rings (SSSR count). The van der Waals surface area contributed by atoms with Crippen molar-refractivity contribution in [1.82, 2.24) is 5.43 Å². The minimum Gasteiger partial charge on any atom is -0.271 e. The number of hydrogen-bond acceptors (Lipinski definition) is 4. The van der Waals surface area contributed by atoms with E-state index in [-0.39, 0.29) is 6.04 Å². The second kappa shape index (κ2) is 7.23. The van der Waals surface area contributed by atoms with Crippen molar-refractivity contribution in [2.75, 3.05) is 11.5 Å². The summed E-state index contributed by atoms with van der Waals surface area (Å²) in [5.41, 5.74) is 5.38. The number of hydrogen-bond donors (Lipinski definition) is 2. The van der Waals surface area contributed by atoms with E-state index in [2.05, 4.69) is 31.4 Å². The molecule has 1 aliphatic heterocycles. The number of rotatable bonds is 4. The van der Waals surface area contributed by atoms with Gasteiger partial charge in [0.15, 0.2) is 0 Å². The topological polar surface area (TPSA) is 38.0 Å². The lowest BCUT2D eigenvalue weighted by Gasteiger charge is -2.34. The molecule has 106 valence electrons. The molecule has 0 radical (unpaired) electrons. The molecular formula is C14H21ClN2S2. The Morgan fingerprint density at radius 3 is 2.79 bits per heavy atom. The van der Waals surface area contributed by atoms with E-state index < -0.39 is 0 Å². The first-order valence-electron chi connectivity index (χ1n) is 6.56. The van der Waals surface area contributed by atoms with Crippen molar-refractivity contribution in [2.45, 2.75) is 36.8 Å². The maximum atomic E-state index is 6.33. The molecule has 1 aromatic carbocycles. The second-order valence-corrected chi connectivity index (χ2v) is 8.16. The summed E-state index contributed by atoms with van der Waals surface area (Å²) >= 11 is 10.4. The smallest absolute Gasteiger partial charge is 0.0441 e. The standard InChI is InChI=1S/C14H21ClN2S2/c1-9-3-4-11(12(15)7-9)8-13(17-16)14-10(2)18-5-6-19-14/h3-4,7,10,13-14,17H,5-6,8,16H2,1-2H3. The van der Waals surface area contributed by atoms with E-state index in [1.807, 2.05) is 29.6 Å². The zero-order valence-electron chi connectivity index (χ0n) is 11.4. The maximum absolute atomic E-state index is 6.33. The monoisotopic (exact) mass is 316 g/mol. The van der Waals surface area contributed by atoms with Crippen LogP contribution in [-0.2, 0) is 6.42 Å². The van der Waals surface area contributed by atoms with Crippen molar-refractivity contribution in [3.05, 3.63) is 34.3 Å². The van der Waals surface area contributed by atoms with Gasteiger partial charge >= 0.3 is 0 Å². The summed E-state index contributed by atoms with van der Waals surface area (Å²) in [4.78, 5) is 0. The third-order valence-corrected chi connectivity index (χ3v) is 7.10. The molecule has 19 heavy (non-hydrogen) atoms. The van der Waals surface area contributed by atoms with Gasteiger partial charge in [0.2, 0.25) is 0 Å². The minimum atomic E-state index is 0.271. The molecule has 0 aliphatic carbocycles. The molecule has 3 N–H and O–H groups in total. The fourth-order valence-corrected chi connectivity index (χ4v) is 5.67. The quantitative estimate of drug-likeness (QED) is 0.660. The number of benzene rings is 1. The lowest BCUT2D eigenvalue weighted by Crippen LogP contribution is -2.48. The fourth-order valence-electron chi connectivity index (χ4n) is 2.42. The van der Waals surface area contributed by atoms with Gasteiger partial charge in [-0.25, -0.2) is 0 Å². The van der Waals surface area contributed by atoms with Crippen molar-refractivity contribution in [2.24, 2.45) is 5.84 Å². The summed E-state index contributed by atoms with van der Waals surface area (Å²) in [5.74, 6) is 8.23. The first kappa shape index (κ1) is 15.5. The van der Waals surface area contributed by atoms with E-state index in [0.717, 1.165) is 11.4 Å². The van der Waals surface area contributed by atoms with Crippen LogP contribution in [0.15, 0.2) is 18.2 Å². The molecular weight excluding hydrogens is 296 g/mol. The van der Waals surface area contributed by atoms with Crippen molar-refractivity contribution in [3.63, 3.8) is 0 Å². The Balaban J connectivity index is 2.09. The van der Waals surface area contributed by atoms with Crippen LogP contribution < -0.4 is 11.3 Å². The third kappa shape index (κ3) is 4.05. The van der Waals surface area contributed by atoms with E-state index >= 15 is 0 Å². The van der Waals surface area contributed by atoms with Crippen LogP contribution in [0.25, 0.3) is 0 Å². The molecule has 5 heteroatoms. The Labute approximate surface area is 129 Å². The van der Waals surface area contributed by atoms with E-state index in [1.165, 1.54) is 22.6 Å². The van der Waals surface area contributed by atoms with Crippen molar-refractivity contribution < 1.29 is 0 Å². The summed E-state index contributed by atoms with van der Waals surface area (Å²) < 4.78 is 0. The average molecular weight is 317 g/mol. The van der Waals surface area contributed by atoms with Gasteiger partial charge in [-0.05, 0) is 30.5 Å². The zero-order valence-corrected chi connectivity index (χ0v) is 13.7. The van der Waals surface area contributed by atoms with Crippen molar-refractivity contribution >= 4 is 35.1 Å². The van der Waals surface area contributed by atoms with Crippen molar-refractivity contribution in [1.29, 1.82) is 0 Å². The van der Waals surface area contributed by atoms with Gasteiger partial charge in [0.05, 0.1) is 0 Å². The highest BCUT2D eigenvalue weighted by atomic mass is 35.5. The van der Waals surface area contributed by atoms with Crippen LogP contribution in [0.3, 0.4) is 0 Å². The summed E-state index contributed by atoms with van der Waals surface area (Å²) in [7, 11) is 0. The highest BCUT2D eigenvalue weighted by Crippen LogP contribution is 2.34. The van der Waals surface area contributed by atoms with Gasteiger partial charge in [0.25, 0.3) is 0 Å². The zero-order chi connectivity index (χ0) is 13.8. The van der Waals surface area contributed by atoms with Gasteiger partial charge in [-0.15, -0.1) is 0 Å². The van der Waals surface area contributed by atoms with Crippen LogP contribution >= 0.6 is 35.1 Å². The highest BCUT2D eigenvalue weighted by molar-refractivity contribution is 8.07. The van der Waals surface area contributed by atoms with E-state index in [9.17, 15) is 0 Å². The Hall–Kier alpha value is 0.130. The van der Waals surface area contributed by atoms with Crippen LogP contribution in [0.5, 0.6) is 0 Å². The van der Waals surface area contributed by atoms with Crippen LogP contribution in [0.2, 0.25) is 5.02 Å². The molecule has 2 nitrogen and oxygen atoms in total. The molecule has 0 saturated carbocycles. The Kier molecular flexibility index (Phi) is 5.90. The van der Waals surface area contributed by atoms with Gasteiger partial charge in [-0.2, -0.15) is 23.5 Å². The number of halogens is 1. The first-order valence-corrected chi connectivity index (χ1v) is 9.03. The molecule has 3 unspecified atom stereocenters. The largest absolute Gasteiger partial charge is 0.271 e. The molecule has 0 amide bonds. The molecule has 3 atom stereocenters. The van der Waals surface area contributed by atoms with Gasteiger partial charge in [0.1, 0.15) is 0 Å². The predicted molar refractivity (Wildman–Crippen MR) is 89.2 cm³/mol. The highest BCUT2D eigenvalue weighted by Gasteiger charge is 2.30. The van der Waals surface area contributed by atoms with Crippen LogP contribution in [-0.4, -0.2) is 28.0 Å². The lowest BCUT2D eigenvalue weighted by atomic mass is 10.0. The van der Waals surface area contributed by atoms with Crippen LogP contribution in [0.1, 0.15) is 18.1 Å². The number of nitrogens with one attached hydrogen (secondary N) is 1. The summed E-state index contributed by atoms with van der Waals surface area (Å²) in [6.45, 7) is 4.35. The summed E-state index contributed by atoms with van der Waals surface area (Å²) in [5, 5.41) is 2.02. The molecule has 0 aromatic heterocycles. The maximum Gasteiger partial charge on any atom is 0.0441 e. The lowest BCUT2D eigenvalue weighted by molar-refractivity contribution is 0.501. The van der Waals surface area contributed by atoms with Gasteiger partial charge in [-0.3, -0.25) is 11.3 Å². The molecule has 1 saturated heterocycles. The Bertz CT molecular complexity index is 428. The molecule has 0 spiro atoms. The number of hydrazine groups is 1. The van der Waals surface area contributed by atoms with Gasteiger partial charge in [0, 0.05) is 33.1 Å². The van der Waals surface area contributed by atoms with E-state index in [1.54, 1.807) is 0 Å². The molecule has 1 fully saturated rings. The SMILES string of the molecule is Cc1ccc(CC(NN)C2SCCSC2C)c(Cl)c1. The number of aryl methyl sites for hydroxylation is 1. The van der Waals surface area contributed by atoms with Crippen LogP contribution in [0, 0.1) is 6.92 Å². The second-order valence-electron chi connectivity index (χ2n) is 4.98. The summed E-state index contributed by atoms with van der Waals surface area (Å²) in [6, 6.07) is 6.53. The van der Waals surface area contributed by atoms with E-state index in [0.29, 0.717) is 10.5 Å². The van der Waals surface area contributed by atoms with Gasteiger partial charge in [-0.1, -0.05) is 30.7 Å². The molecule has 1 heterocycles. The fraction of sp³-hybridized carbons (Fsp3) is 0.571. The third-order valence-electron chi connectivity index (χ3n) is 3.50. The average Bonchev–Trinajstić information content (AvgIpc) is 2.39. The molecule has 1 aromatic rings. The number of thioether (sulfide) groups is 2. The number of nitrogens with two attached hydrogens (primary N) is 1. The normalized spacial score (nSPS) is 25.3. The first-order chi connectivity index (χ1) is 9.11. The minimum absolute atomic E-state index is 0.271. The van der Waals surface area contributed by atoms with Crippen molar-refractivity contribution in [3.8, 4) is 0 Å². The van der Waals surface area contributed by atoms with Gasteiger partial charge < -0.3 is 0 Å². The van der Waals surface area contributed by atoms with E-state index in [4.69, 9.17) is 17.4 Å². The Morgan fingerprint density at radius 2 is 2.16 bits per heavy atom. The molecule has 1 aliphatic rings. The summed E-state index contributed by atoms with van der Waals surface area (Å²) in [6.07, 6.45) is 0.887.